The normalized spacial score (nSPS) is 18.6. The molecule has 0 aliphatic carbocycles. The third kappa shape index (κ3) is 47.0. The number of amides is 1. The summed E-state index contributed by atoms with van der Waals surface area (Å²) >= 11 is 0. The Balaban J connectivity index is 2.00. The monoisotopic (exact) mass is 1130 g/mol. The molecule has 1 aliphatic heterocycles. The van der Waals surface area contributed by atoms with Gasteiger partial charge in [-0.2, -0.15) is 0 Å². The Bertz CT molecular complexity index is 1470. The lowest BCUT2D eigenvalue weighted by atomic mass is 9.99. The number of allylic oxidation sites excluding steroid dienone is 7. The van der Waals surface area contributed by atoms with Gasteiger partial charge in [0.05, 0.1) is 32.0 Å². The molecule has 1 aliphatic rings. The van der Waals surface area contributed by atoms with E-state index in [1.165, 1.54) is 225 Å². The summed E-state index contributed by atoms with van der Waals surface area (Å²) in [6.07, 6.45) is 65.2. The van der Waals surface area contributed by atoms with Gasteiger partial charge in [-0.15, -0.1) is 0 Å². The van der Waals surface area contributed by atoms with Gasteiger partial charge in [0.1, 0.15) is 24.4 Å². The van der Waals surface area contributed by atoms with Crippen molar-refractivity contribution in [3.8, 4) is 0 Å². The van der Waals surface area contributed by atoms with Crippen LogP contribution in [0.5, 0.6) is 0 Å². The summed E-state index contributed by atoms with van der Waals surface area (Å²) in [5.74, 6) is -0.190. The Hall–Kier alpha value is -2.38. The van der Waals surface area contributed by atoms with Crippen molar-refractivity contribution in [3.05, 3.63) is 48.6 Å². The number of rotatable bonds is 59. The van der Waals surface area contributed by atoms with Gasteiger partial charge in [-0.05, 0) is 83.5 Å². The van der Waals surface area contributed by atoms with Gasteiger partial charge in [0.15, 0.2) is 6.29 Å². The molecule has 1 saturated heterocycles. The summed E-state index contributed by atoms with van der Waals surface area (Å²) in [4.78, 5) is 25.1. The van der Waals surface area contributed by atoms with E-state index < -0.39 is 49.5 Å². The molecule has 7 unspecified atom stereocenters. The lowest BCUT2D eigenvalue weighted by molar-refractivity contribution is -0.302. The van der Waals surface area contributed by atoms with Crippen molar-refractivity contribution in [3.63, 3.8) is 0 Å². The SMILES string of the molecule is CCCC/C=C\CCCCCCCC(=O)OCCCCCCCCCCC/C=C\C/C=C\CCCCCCCCCCCCCCCC(=O)NC(COC1OC(CO)C(O)C(O)C1O)C(O)/C=C/CCCCCCCCCCCC. The Morgan fingerprint density at radius 1 is 0.463 bits per heavy atom. The first kappa shape index (κ1) is 75.6. The minimum absolute atomic E-state index is 0.00802. The maximum Gasteiger partial charge on any atom is 0.305 e. The smallest absolute Gasteiger partial charge is 0.305 e. The van der Waals surface area contributed by atoms with Gasteiger partial charge < -0.3 is 45.1 Å². The molecule has 11 heteroatoms. The van der Waals surface area contributed by atoms with Crippen LogP contribution in [0.3, 0.4) is 0 Å². The van der Waals surface area contributed by atoms with Crippen LogP contribution in [0, 0.1) is 0 Å². The van der Waals surface area contributed by atoms with E-state index in [0.29, 0.717) is 19.4 Å². The minimum atomic E-state index is -1.57. The zero-order chi connectivity index (χ0) is 58.0. The average Bonchev–Trinajstić information content (AvgIpc) is 3.47. The van der Waals surface area contributed by atoms with Crippen molar-refractivity contribution in [2.75, 3.05) is 19.8 Å². The number of ether oxygens (including phenoxy) is 3. The maximum atomic E-state index is 13.0. The summed E-state index contributed by atoms with van der Waals surface area (Å²) in [6, 6.07) is -0.811. The van der Waals surface area contributed by atoms with Crippen LogP contribution in [-0.4, -0.2) is 100 Å². The van der Waals surface area contributed by atoms with Gasteiger partial charge in [-0.25, -0.2) is 0 Å². The summed E-state index contributed by atoms with van der Waals surface area (Å²) < 4.78 is 16.7. The molecular formula is C69H127NO10. The van der Waals surface area contributed by atoms with Crippen LogP contribution in [0.15, 0.2) is 48.6 Å². The van der Waals surface area contributed by atoms with E-state index in [9.17, 15) is 35.1 Å². The van der Waals surface area contributed by atoms with E-state index in [1.807, 2.05) is 6.08 Å². The Kier molecular flexibility index (Phi) is 55.2. The Labute approximate surface area is 491 Å². The molecule has 468 valence electrons. The van der Waals surface area contributed by atoms with E-state index >= 15 is 0 Å². The molecule has 0 aromatic carbocycles. The number of esters is 1. The topological polar surface area (TPSA) is 175 Å². The summed E-state index contributed by atoms with van der Waals surface area (Å²) in [5, 5.41) is 54.4. The first-order valence-corrected chi connectivity index (χ1v) is 33.9. The summed E-state index contributed by atoms with van der Waals surface area (Å²) in [7, 11) is 0. The molecule has 1 amide bonds. The lowest BCUT2D eigenvalue weighted by Crippen LogP contribution is -2.60. The van der Waals surface area contributed by atoms with Crippen molar-refractivity contribution in [1.29, 1.82) is 0 Å². The number of aliphatic hydroxyl groups excluding tert-OH is 5. The Morgan fingerprint density at radius 2 is 0.850 bits per heavy atom. The molecule has 0 spiro atoms. The number of carbonyl (C=O) groups is 2. The second-order valence-corrected chi connectivity index (χ2v) is 23.5. The zero-order valence-corrected chi connectivity index (χ0v) is 51.8. The molecule has 6 N–H and O–H groups in total. The molecule has 0 radical (unpaired) electrons. The van der Waals surface area contributed by atoms with Gasteiger partial charge >= 0.3 is 5.97 Å². The highest BCUT2D eigenvalue weighted by Crippen LogP contribution is 2.23. The van der Waals surface area contributed by atoms with Crippen molar-refractivity contribution in [1.82, 2.24) is 5.32 Å². The number of aliphatic hydroxyl groups is 5. The maximum absolute atomic E-state index is 13.0. The van der Waals surface area contributed by atoms with Crippen LogP contribution in [0.1, 0.15) is 316 Å². The van der Waals surface area contributed by atoms with Crippen LogP contribution >= 0.6 is 0 Å². The highest BCUT2D eigenvalue weighted by Gasteiger charge is 2.44. The third-order valence-electron chi connectivity index (χ3n) is 15.9. The number of hydrogen-bond acceptors (Lipinski definition) is 10. The lowest BCUT2D eigenvalue weighted by Gasteiger charge is -2.40. The molecule has 0 aromatic heterocycles. The van der Waals surface area contributed by atoms with E-state index in [1.54, 1.807) is 6.08 Å². The van der Waals surface area contributed by atoms with Gasteiger partial charge in [0.2, 0.25) is 5.91 Å². The summed E-state index contributed by atoms with van der Waals surface area (Å²) in [5.41, 5.74) is 0. The molecule has 0 aromatic rings. The second-order valence-electron chi connectivity index (χ2n) is 23.5. The molecule has 1 rings (SSSR count). The quantitative estimate of drug-likeness (QED) is 0.0195. The molecule has 1 heterocycles. The fourth-order valence-corrected chi connectivity index (χ4v) is 10.5. The Morgan fingerprint density at radius 3 is 1.31 bits per heavy atom. The fourth-order valence-electron chi connectivity index (χ4n) is 10.5. The highest BCUT2D eigenvalue weighted by molar-refractivity contribution is 5.76. The number of nitrogens with one attached hydrogen (secondary N) is 1. The predicted octanol–water partition coefficient (Wildman–Crippen LogP) is 16.8. The molecule has 0 bridgehead atoms. The molecular weight excluding hydrogens is 1000 g/mol. The fraction of sp³-hybridized carbons (Fsp3) is 0.855. The average molecular weight is 1130 g/mol. The van der Waals surface area contributed by atoms with Crippen molar-refractivity contribution >= 4 is 11.9 Å². The molecule has 7 atom stereocenters. The van der Waals surface area contributed by atoms with Crippen molar-refractivity contribution < 1.29 is 49.3 Å². The standard InChI is InChI=1S/C69H127NO10/c1-3-5-7-9-11-13-15-36-39-43-47-51-55-62(72)61(60-79-69-68(77)67(76)66(75)63(59-71)80-69)70-64(73)56-52-48-44-40-37-33-31-29-27-25-23-21-19-17-16-18-20-22-24-26-28-30-32-34-38-42-46-50-54-58-78-65(74)57-53-49-45-41-35-14-12-10-8-6-4-2/h10,12,16,18,22,24,51,55,61-63,66-69,71-72,75-77H,3-9,11,13-15,17,19-21,23,25-50,52-54,56-60H2,1-2H3,(H,70,73)/b12-10-,18-16-,24-22-,55-51+. The van der Waals surface area contributed by atoms with Crippen molar-refractivity contribution in [2.24, 2.45) is 0 Å². The van der Waals surface area contributed by atoms with E-state index in [2.05, 4.69) is 55.6 Å². The molecule has 1 fully saturated rings. The first-order valence-electron chi connectivity index (χ1n) is 33.9. The van der Waals surface area contributed by atoms with Crippen LogP contribution in [0.4, 0.5) is 0 Å². The first-order chi connectivity index (χ1) is 39.2. The van der Waals surface area contributed by atoms with Crippen LogP contribution in [0.25, 0.3) is 0 Å². The largest absolute Gasteiger partial charge is 0.466 e. The number of unbranched alkanes of at least 4 members (excludes halogenated alkanes) is 39. The molecule has 11 nitrogen and oxygen atoms in total. The zero-order valence-electron chi connectivity index (χ0n) is 51.8. The van der Waals surface area contributed by atoms with E-state index in [0.717, 1.165) is 64.2 Å². The number of carbonyl (C=O) groups excluding carboxylic acids is 2. The van der Waals surface area contributed by atoms with Gasteiger partial charge in [-0.3, -0.25) is 9.59 Å². The number of hydrogen-bond donors (Lipinski definition) is 6. The van der Waals surface area contributed by atoms with Gasteiger partial charge in [-0.1, -0.05) is 268 Å². The van der Waals surface area contributed by atoms with E-state index in [4.69, 9.17) is 14.2 Å². The van der Waals surface area contributed by atoms with Gasteiger partial charge in [0.25, 0.3) is 0 Å². The van der Waals surface area contributed by atoms with Crippen LogP contribution < -0.4 is 5.32 Å². The van der Waals surface area contributed by atoms with Crippen LogP contribution in [0.2, 0.25) is 0 Å². The highest BCUT2D eigenvalue weighted by atomic mass is 16.7. The van der Waals surface area contributed by atoms with Crippen molar-refractivity contribution in [2.45, 2.75) is 358 Å². The van der Waals surface area contributed by atoms with E-state index in [-0.39, 0.29) is 18.5 Å². The molecule has 80 heavy (non-hydrogen) atoms. The third-order valence-corrected chi connectivity index (χ3v) is 15.9. The van der Waals surface area contributed by atoms with Gasteiger partial charge in [0, 0.05) is 12.8 Å². The second kappa shape index (κ2) is 58.4. The minimum Gasteiger partial charge on any atom is -0.466 e. The summed E-state index contributed by atoms with van der Waals surface area (Å²) in [6.45, 7) is 4.31. The van der Waals surface area contributed by atoms with Crippen LogP contribution in [-0.2, 0) is 23.8 Å². The molecule has 0 saturated carbocycles. The predicted molar refractivity (Wildman–Crippen MR) is 334 cm³/mol.